The summed E-state index contributed by atoms with van der Waals surface area (Å²) >= 11 is 1.55. The summed E-state index contributed by atoms with van der Waals surface area (Å²) in [6.07, 6.45) is 8.95. The van der Waals surface area contributed by atoms with E-state index < -0.39 is 17.9 Å². The van der Waals surface area contributed by atoms with Gasteiger partial charge in [-0.05, 0) is 72.9 Å². The van der Waals surface area contributed by atoms with Crippen LogP contribution in [0.5, 0.6) is 0 Å². The number of rotatable bonds is 11. The largest absolute Gasteiger partial charge is 1.00 e. The Balaban J connectivity index is 0.00000342. The molecule has 6 nitrogen and oxygen atoms in total. The molecule has 0 aliphatic heterocycles. The summed E-state index contributed by atoms with van der Waals surface area (Å²) in [5.74, 6) is -0.734. The van der Waals surface area contributed by atoms with Gasteiger partial charge in [-0.2, -0.15) is 11.8 Å². The maximum atomic E-state index is 13.2. The van der Waals surface area contributed by atoms with Crippen molar-refractivity contribution in [2.45, 2.75) is 70.4 Å². The molecule has 3 rings (SSSR count). The summed E-state index contributed by atoms with van der Waals surface area (Å²) in [6.45, 7) is 1.99. The van der Waals surface area contributed by atoms with E-state index in [1.165, 1.54) is 19.3 Å². The predicted molar refractivity (Wildman–Crippen MR) is 143 cm³/mol. The van der Waals surface area contributed by atoms with E-state index in [1.54, 1.807) is 17.8 Å². The van der Waals surface area contributed by atoms with Gasteiger partial charge in [-0.1, -0.05) is 55.7 Å². The Bertz CT molecular complexity index is 1050. The van der Waals surface area contributed by atoms with Gasteiger partial charge in [-0.25, -0.2) is 4.79 Å². The standard InChI is InChI=1S/C28H36N2O4S.Li.H/c1-19-8-6-7-11-22(19)24-18-20(13-15-26(31)29-21-9-4-3-5-10-21)12-14-23(24)27(32)30-25(28(33)34)16-17-35-2;;/h6-8,11-12,14,18,21,25H,3-5,9-10,13,15-17H2,1-2H3,(H,29,31)(H,30,32)(H,33,34);;/q;+1;-1/t25-;;/m0../s1. The number of carboxylic acids is 1. The molecule has 36 heavy (non-hydrogen) atoms. The van der Waals surface area contributed by atoms with Crippen LogP contribution in [0.4, 0.5) is 0 Å². The fraction of sp³-hybridized carbons (Fsp3) is 0.464. The van der Waals surface area contributed by atoms with Crippen LogP contribution in [0.25, 0.3) is 11.1 Å². The molecule has 1 atom stereocenters. The fourth-order valence-corrected chi connectivity index (χ4v) is 5.05. The van der Waals surface area contributed by atoms with Crippen molar-refractivity contribution < 1.29 is 39.8 Å². The molecule has 0 radical (unpaired) electrons. The van der Waals surface area contributed by atoms with E-state index in [2.05, 4.69) is 10.6 Å². The van der Waals surface area contributed by atoms with Crippen molar-refractivity contribution in [3.8, 4) is 11.1 Å². The SMILES string of the molecule is CSCC[C@H](NC(=O)c1ccc(CCC(=O)NC2CCCCC2)cc1-c1ccccc1C)C(=O)O.[H-].[Li+]. The molecular formula is C28H37LiN2O4S. The molecule has 0 saturated heterocycles. The zero-order chi connectivity index (χ0) is 25.2. The normalized spacial score (nSPS) is 14.4. The summed E-state index contributed by atoms with van der Waals surface area (Å²) < 4.78 is 0. The first-order valence-electron chi connectivity index (χ1n) is 12.4. The Hall–Kier alpha value is -2.20. The number of aryl methyl sites for hydroxylation is 2. The third kappa shape index (κ3) is 8.72. The molecule has 0 heterocycles. The van der Waals surface area contributed by atoms with Crippen molar-refractivity contribution in [1.29, 1.82) is 0 Å². The molecule has 2 aromatic rings. The number of nitrogens with one attached hydrogen (secondary N) is 2. The molecule has 1 fully saturated rings. The number of hydrogen-bond donors (Lipinski definition) is 3. The average molecular weight is 505 g/mol. The van der Waals surface area contributed by atoms with Gasteiger partial charge in [0.05, 0.1) is 0 Å². The van der Waals surface area contributed by atoms with Gasteiger partial charge in [0.1, 0.15) is 6.04 Å². The first kappa shape index (κ1) is 30.0. The van der Waals surface area contributed by atoms with E-state index in [0.717, 1.165) is 35.1 Å². The van der Waals surface area contributed by atoms with Crippen LogP contribution in [0.3, 0.4) is 0 Å². The van der Waals surface area contributed by atoms with Crippen LogP contribution in [0.15, 0.2) is 42.5 Å². The van der Waals surface area contributed by atoms with E-state index in [0.29, 0.717) is 30.6 Å². The van der Waals surface area contributed by atoms with Gasteiger partial charge in [-0.3, -0.25) is 9.59 Å². The smallest absolute Gasteiger partial charge is 1.00 e. The van der Waals surface area contributed by atoms with Crippen molar-refractivity contribution >= 4 is 29.5 Å². The molecule has 0 spiro atoms. The number of thioether (sulfide) groups is 1. The number of amides is 2. The molecule has 1 aliphatic rings. The second-order valence-corrected chi connectivity index (χ2v) is 10.2. The topological polar surface area (TPSA) is 95.5 Å². The molecule has 8 heteroatoms. The van der Waals surface area contributed by atoms with Crippen LogP contribution >= 0.6 is 11.8 Å². The summed E-state index contributed by atoms with van der Waals surface area (Å²) in [7, 11) is 0. The van der Waals surface area contributed by atoms with Gasteiger partial charge in [0.15, 0.2) is 0 Å². The maximum absolute atomic E-state index is 13.2. The second kappa shape index (κ2) is 15.1. The van der Waals surface area contributed by atoms with Crippen LogP contribution < -0.4 is 29.5 Å². The Labute approximate surface area is 232 Å². The summed E-state index contributed by atoms with van der Waals surface area (Å²) in [5, 5.41) is 15.4. The molecule has 0 aromatic heterocycles. The number of carboxylic acid groups (broad SMARTS) is 1. The van der Waals surface area contributed by atoms with Crippen molar-refractivity contribution in [2.75, 3.05) is 12.0 Å². The number of hydrogen-bond acceptors (Lipinski definition) is 4. The molecule has 0 bridgehead atoms. The Morgan fingerprint density at radius 2 is 1.81 bits per heavy atom. The Morgan fingerprint density at radius 3 is 2.47 bits per heavy atom. The molecule has 190 valence electrons. The zero-order valence-corrected chi connectivity index (χ0v) is 22.5. The van der Waals surface area contributed by atoms with Crippen LogP contribution in [0.2, 0.25) is 0 Å². The fourth-order valence-electron chi connectivity index (χ4n) is 4.58. The van der Waals surface area contributed by atoms with Gasteiger partial charge in [0.25, 0.3) is 5.91 Å². The molecular weight excluding hydrogens is 467 g/mol. The van der Waals surface area contributed by atoms with Crippen LogP contribution in [0, 0.1) is 6.92 Å². The molecule has 3 N–H and O–H groups in total. The summed E-state index contributed by atoms with van der Waals surface area (Å²) in [6, 6.07) is 12.7. The second-order valence-electron chi connectivity index (χ2n) is 9.24. The zero-order valence-electron chi connectivity index (χ0n) is 22.6. The maximum Gasteiger partial charge on any atom is 1.00 e. The Morgan fingerprint density at radius 1 is 1.08 bits per heavy atom. The quantitative estimate of drug-likeness (QED) is 0.408. The van der Waals surface area contributed by atoms with Gasteiger partial charge in [0.2, 0.25) is 5.91 Å². The van der Waals surface area contributed by atoms with Crippen LogP contribution in [-0.4, -0.2) is 47.0 Å². The first-order valence-corrected chi connectivity index (χ1v) is 13.8. The molecule has 0 unspecified atom stereocenters. The van der Waals surface area contributed by atoms with E-state index in [9.17, 15) is 19.5 Å². The van der Waals surface area contributed by atoms with E-state index in [-0.39, 0.29) is 32.2 Å². The predicted octanol–water partition coefficient (Wildman–Crippen LogP) is 2.10. The average Bonchev–Trinajstić information content (AvgIpc) is 2.85. The number of benzene rings is 2. The van der Waals surface area contributed by atoms with Crippen molar-refractivity contribution in [2.24, 2.45) is 0 Å². The Kier molecular flexibility index (Phi) is 12.6. The summed E-state index contributed by atoms with van der Waals surface area (Å²) in [5.41, 5.74) is 4.09. The van der Waals surface area contributed by atoms with Crippen LogP contribution in [0.1, 0.15) is 67.9 Å². The van der Waals surface area contributed by atoms with Gasteiger partial charge < -0.3 is 17.2 Å². The number of carbonyl (C=O) groups excluding carboxylic acids is 2. The number of carbonyl (C=O) groups is 3. The molecule has 2 amide bonds. The minimum atomic E-state index is -1.04. The molecule has 1 aliphatic carbocycles. The first-order chi connectivity index (χ1) is 16.9. The van der Waals surface area contributed by atoms with Gasteiger partial charge in [-0.15, -0.1) is 0 Å². The van der Waals surface area contributed by atoms with E-state index >= 15 is 0 Å². The van der Waals surface area contributed by atoms with Crippen molar-refractivity contribution in [3.05, 3.63) is 59.2 Å². The van der Waals surface area contributed by atoms with E-state index in [4.69, 9.17) is 0 Å². The van der Waals surface area contributed by atoms with Crippen molar-refractivity contribution in [1.82, 2.24) is 10.6 Å². The monoisotopic (exact) mass is 504 g/mol. The van der Waals surface area contributed by atoms with Crippen molar-refractivity contribution in [3.63, 3.8) is 0 Å². The third-order valence-electron chi connectivity index (χ3n) is 6.59. The minimum absolute atomic E-state index is 0. The van der Waals surface area contributed by atoms with Crippen LogP contribution in [-0.2, 0) is 16.0 Å². The summed E-state index contributed by atoms with van der Waals surface area (Å²) in [4.78, 5) is 37.4. The molecule has 2 aromatic carbocycles. The minimum Gasteiger partial charge on any atom is -1.00 e. The molecule has 1 saturated carbocycles. The third-order valence-corrected chi connectivity index (χ3v) is 7.23. The van der Waals surface area contributed by atoms with Gasteiger partial charge >= 0.3 is 24.8 Å². The number of aliphatic carboxylic acids is 1. The van der Waals surface area contributed by atoms with Gasteiger partial charge in [0, 0.05) is 18.0 Å². The van der Waals surface area contributed by atoms with E-state index in [1.807, 2.05) is 49.6 Å².